The van der Waals surface area contributed by atoms with Crippen LogP contribution in [0.5, 0.6) is 0 Å². The summed E-state index contributed by atoms with van der Waals surface area (Å²) in [5.41, 5.74) is 3.85. The van der Waals surface area contributed by atoms with Gasteiger partial charge in [-0.25, -0.2) is 0 Å². The second-order valence-electron chi connectivity index (χ2n) is 4.86. The number of nitrogens with zero attached hydrogens (tertiary/aromatic N) is 1. The van der Waals surface area contributed by atoms with Crippen LogP contribution in [0.2, 0.25) is 0 Å². The lowest BCUT2D eigenvalue weighted by Crippen LogP contribution is -2.40. The Bertz CT molecular complexity index is 806. The quantitative estimate of drug-likeness (QED) is 0.709. The van der Waals surface area contributed by atoms with Gasteiger partial charge in [-0.15, -0.1) is 0 Å². The standard InChI is InChI=1S/C16H13N3O/c20-16-13-3-1-2-4-15(13)19(10-18-16)12-5-6-14-11(9-12)7-8-17-14/h1-9,17H,10H2,(H,18,20). The molecule has 2 N–H and O–H groups in total. The molecule has 2 heterocycles. The average molecular weight is 263 g/mol. The molecule has 0 saturated heterocycles. The number of para-hydroxylation sites is 1. The van der Waals surface area contributed by atoms with Crippen molar-refractivity contribution in [1.29, 1.82) is 0 Å². The van der Waals surface area contributed by atoms with E-state index in [1.807, 2.05) is 36.5 Å². The van der Waals surface area contributed by atoms with Crippen LogP contribution in [0.4, 0.5) is 11.4 Å². The number of hydrogen-bond acceptors (Lipinski definition) is 2. The van der Waals surface area contributed by atoms with Crippen LogP contribution in [0.15, 0.2) is 54.7 Å². The summed E-state index contributed by atoms with van der Waals surface area (Å²) >= 11 is 0. The van der Waals surface area contributed by atoms with Crippen LogP contribution in [-0.4, -0.2) is 17.6 Å². The lowest BCUT2D eigenvalue weighted by Gasteiger charge is -2.31. The minimum atomic E-state index is -0.0143. The highest BCUT2D eigenvalue weighted by Crippen LogP contribution is 2.32. The number of aromatic nitrogens is 1. The molecule has 1 aliphatic rings. The van der Waals surface area contributed by atoms with Gasteiger partial charge in [-0.05, 0) is 36.4 Å². The van der Waals surface area contributed by atoms with Crippen molar-refractivity contribution in [2.75, 3.05) is 11.6 Å². The van der Waals surface area contributed by atoms with Crippen LogP contribution in [0.1, 0.15) is 10.4 Å². The fourth-order valence-electron chi connectivity index (χ4n) is 2.67. The Morgan fingerprint density at radius 3 is 2.90 bits per heavy atom. The summed E-state index contributed by atoms with van der Waals surface area (Å²) in [5, 5.41) is 4.07. The SMILES string of the molecule is O=C1NCN(c2ccc3[nH]ccc3c2)c2ccccc21. The molecule has 0 saturated carbocycles. The molecule has 0 unspecified atom stereocenters. The van der Waals surface area contributed by atoms with Crippen LogP contribution in [-0.2, 0) is 0 Å². The van der Waals surface area contributed by atoms with Crippen LogP contribution in [0, 0.1) is 0 Å². The fraction of sp³-hybridized carbons (Fsp3) is 0.0625. The summed E-state index contributed by atoms with van der Waals surface area (Å²) in [7, 11) is 0. The number of nitrogens with one attached hydrogen (secondary N) is 2. The van der Waals surface area contributed by atoms with E-state index in [2.05, 4.69) is 33.4 Å². The number of anilines is 2. The summed E-state index contributed by atoms with van der Waals surface area (Å²) in [4.78, 5) is 17.2. The first-order valence-corrected chi connectivity index (χ1v) is 6.55. The number of H-pyrrole nitrogens is 1. The van der Waals surface area contributed by atoms with Gasteiger partial charge in [0.2, 0.25) is 0 Å². The molecule has 0 radical (unpaired) electrons. The maximum atomic E-state index is 11.9. The molecule has 4 nitrogen and oxygen atoms in total. The van der Waals surface area contributed by atoms with Crippen LogP contribution < -0.4 is 10.2 Å². The maximum Gasteiger partial charge on any atom is 0.254 e. The highest BCUT2D eigenvalue weighted by molar-refractivity contribution is 6.03. The minimum Gasteiger partial charge on any atom is -0.361 e. The van der Waals surface area contributed by atoms with E-state index in [-0.39, 0.29) is 5.91 Å². The molecular weight excluding hydrogens is 250 g/mol. The number of aromatic amines is 1. The third kappa shape index (κ3) is 1.58. The predicted molar refractivity (Wildman–Crippen MR) is 79.2 cm³/mol. The van der Waals surface area contributed by atoms with E-state index in [0.717, 1.165) is 22.3 Å². The number of fused-ring (bicyclic) bond motifs is 2. The molecule has 20 heavy (non-hydrogen) atoms. The van der Waals surface area contributed by atoms with Crippen LogP contribution in [0.3, 0.4) is 0 Å². The Morgan fingerprint density at radius 2 is 1.95 bits per heavy atom. The van der Waals surface area contributed by atoms with Crippen molar-refractivity contribution in [2.45, 2.75) is 0 Å². The summed E-state index contributed by atoms with van der Waals surface area (Å²) in [6, 6.07) is 16.0. The van der Waals surface area contributed by atoms with E-state index in [1.54, 1.807) is 0 Å². The highest BCUT2D eigenvalue weighted by Gasteiger charge is 2.22. The van der Waals surface area contributed by atoms with Crippen LogP contribution in [0.25, 0.3) is 10.9 Å². The molecule has 4 heteroatoms. The summed E-state index contributed by atoms with van der Waals surface area (Å²) in [5.74, 6) is -0.0143. The Balaban J connectivity index is 1.86. The zero-order valence-corrected chi connectivity index (χ0v) is 10.8. The molecule has 2 aromatic carbocycles. The first kappa shape index (κ1) is 11.1. The normalized spacial score (nSPS) is 14.2. The number of carbonyl (C=O) groups is 1. The van der Waals surface area contributed by atoms with Gasteiger partial charge in [-0.2, -0.15) is 0 Å². The third-order valence-corrected chi connectivity index (χ3v) is 3.69. The largest absolute Gasteiger partial charge is 0.361 e. The van der Waals surface area contributed by atoms with Gasteiger partial charge < -0.3 is 15.2 Å². The lowest BCUT2D eigenvalue weighted by molar-refractivity contribution is 0.0949. The van der Waals surface area contributed by atoms with Crippen molar-refractivity contribution in [3.8, 4) is 0 Å². The molecule has 0 aliphatic carbocycles. The molecule has 4 rings (SSSR count). The Morgan fingerprint density at radius 1 is 1.05 bits per heavy atom. The number of hydrogen-bond donors (Lipinski definition) is 2. The van der Waals surface area contributed by atoms with E-state index >= 15 is 0 Å². The molecule has 0 spiro atoms. The van der Waals surface area contributed by atoms with Crippen molar-refractivity contribution < 1.29 is 4.79 Å². The average Bonchev–Trinajstić information content (AvgIpc) is 2.95. The van der Waals surface area contributed by atoms with Crippen molar-refractivity contribution >= 4 is 28.2 Å². The molecule has 0 fully saturated rings. The zero-order chi connectivity index (χ0) is 13.5. The van der Waals surface area contributed by atoms with Gasteiger partial charge in [-0.3, -0.25) is 4.79 Å². The van der Waals surface area contributed by atoms with Crippen molar-refractivity contribution in [3.63, 3.8) is 0 Å². The Kier molecular flexibility index (Phi) is 2.29. The molecule has 98 valence electrons. The second-order valence-corrected chi connectivity index (χ2v) is 4.86. The first-order chi connectivity index (χ1) is 9.83. The molecule has 1 amide bonds. The number of amides is 1. The summed E-state index contributed by atoms with van der Waals surface area (Å²) in [6.45, 7) is 0.492. The molecule has 3 aromatic rings. The predicted octanol–water partition coefficient (Wildman–Crippen LogP) is 3.01. The topological polar surface area (TPSA) is 48.1 Å². The van der Waals surface area contributed by atoms with E-state index in [0.29, 0.717) is 12.2 Å². The molecule has 1 aliphatic heterocycles. The van der Waals surface area contributed by atoms with Crippen molar-refractivity contribution in [1.82, 2.24) is 10.3 Å². The first-order valence-electron chi connectivity index (χ1n) is 6.55. The van der Waals surface area contributed by atoms with Gasteiger partial charge >= 0.3 is 0 Å². The van der Waals surface area contributed by atoms with E-state index in [9.17, 15) is 4.79 Å². The summed E-state index contributed by atoms with van der Waals surface area (Å²) in [6.07, 6.45) is 1.93. The summed E-state index contributed by atoms with van der Waals surface area (Å²) < 4.78 is 0. The third-order valence-electron chi connectivity index (χ3n) is 3.69. The highest BCUT2D eigenvalue weighted by atomic mass is 16.2. The van der Waals surface area contributed by atoms with Crippen molar-refractivity contribution in [3.05, 3.63) is 60.3 Å². The van der Waals surface area contributed by atoms with Gasteiger partial charge in [0, 0.05) is 22.8 Å². The number of carbonyl (C=O) groups excluding carboxylic acids is 1. The lowest BCUT2D eigenvalue weighted by atomic mass is 10.1. The van der Waals surface area contributed by atoms with Gasteiger partial charge in [-0.1, -0.05) is 12.1 Å². The maximum absolute atomic E-state index is 11.9. The van der Waals surface area contributed by atoms with E-state index < -0.39 is 0 Å². The van der Waals surface area contributed by atoms with Gasteiger partial charge in [0.05, 0.1) is 17.9 Å². The van der Waals surface area contributed by atoms with Crippen molar-refractivity contribution in [2.24, 2.45) is 0 Å². The molecule has 0 bridgehead atoms. The fourth-order valence-corrected chi connectivity index (χ4v) is 2.67. The number of rotatable bonds is 1. The second kappa shape index (κ2) is 4.13. The number of benzene rings is 2. The monoisotopic (exact) mass is 263 g/mol. The van der Waals surface area contributed by atoms with E-state index in [1.165, 1.54) is 0 Å². The van der Waals surface area contributed by atoms with Gasteiger partial charge in [0.25, 0.3) is 5.91 Å². The Labute approximate surface area is 116 Å². The van der Waals surface area contributed by atoms with Gasteiger partial charge in [0.15, 0.2) is 0 Å². The smallest absolute Gasteiger partial charge is 0.254 e. The molecule has 1 aromatic heterocycles. The Hall–Kier alpha value is -2.75. The van der Waals surface area contributed by atoms with E-state index in [4.69, 9.17) is 0 Å². The van der Waals surface area contributed by atoms with Crippen LogP contribution >= 0.6 is 0 Å². The molecular formula is C16H13N3O. The van der Waals surface area contributed by atoms with Gasteiger partial charge in [0.1, 0.15) is 0 Å². The molecule has 0 atom stereocenters. The zero-order valence-electron chi connectivity index (χ0n) is 10.8. The minimum absolute atomic E-state index is 0.0143.